The summed E-state index contributed by atoms with van der Waals surface area (Å²) >= 11 is -0.346. The van der Waals surface area contributed by atoms with Gasteiger partial charge in [0.25, 0.3) is 0 Å². The first-order chi connectivity index (χ1) is 1.41. The van der Waals surface area contributed by atoms with Crippen molar-refractivity contribution in [2.24, 2.45) is 0 Å². The second kappa shape index (κ2) is 8.90. The van der Waals surface area contributed by atoms with Gasteiger partial charge in [0.1, 0.15) is 0 Å². The van der Waals surface area contributed by atoms with Gasteiger partial charge in [0.15, 0.2) is 0 Å². The Kier molecular flexibility index (Phi) is 19.9. The summed E-state index contributed by atoms with van der Waals surface area (Å²) in [6, 6.07) is 0. The van der Waals surface area contributed by atoms with E-state index in [-0.39, 0.29) is 21.3 Å². The molecule has 0 saturated heterocycles. The van der Waals surface area contributed by atoms with Crippen LogP contribution in [0.2, 0.25) is 0 Å². The van der Waals surface area contributed by atoms with E-state index in [0.29, 0.717) is 0 Å². The Balaban J connectivity index is 0. The van der Waals surface area contributed by atoms with Crippen molar-refractivity contribution in [1.82, 2.24) is 6.15 Å². The molecule has 0 fully saturated rings. The van der Waals surface area contributed by atoms with Crippen molar-refractivity contribution in [3.63, 3.8) is 0 Å². The second-order valence-electron chi connectivity index (χ2n) is 0.0505. The summed E-state index contributed by atoms with van der Waals surface area (Å²) < 4.78 is 0. The van der Waals surface area contributed by atoms with Gasteiger partial charge in [-0.2, -0.15) is 0 Å². The molecule has 0 aliphatic rings. The van der Waals surface area contributed by atoms with E-state index in [0.717, 1.165) is 0 Å². The van der Waals surface area contributed by atoms with E-state index < -0.39 is 0 Å². The Hall–Kier alpha value is 1.16. The molecular formula is H3Cl2NRu. The summed E-state index contributed by atoms with van der Waals surface area (Å²) in [7, 11) is 9.71. The fraction of sp³-hybridized carbons (Fsp3) is 0. The molecule has 0 spiro atoms. The molecule has 4 heteroatoms. The molecule has 0 heterocycles. The fourth-order valence-corrected chi connectivity index (χ4v) is 0. The van der Waals surface area contributed by atoms with Gasteiger partial charge in [-0.25, -0.2) is 0 Å². The molecule has 0 rings (SSSR count). The molecule has 0 aromatic rings. The predicted molar refractivity (Wildman–Crippen MR) is 16.7 cm³/mol. The Bertz CT molecular complexity index is 6.00. The van der Waals surface area contributed by atoms with Crippen LogP contribution in [-0.2, 0) is 15.1 Å². The van der Waals surface area contributed by atoms with Gasteiger partial charge in [0.05, 0.1) is 0 Å². The molecule has 0 aliphatic carbocycles. The van der Waals surface area contributed by atoms with Crippen molar-refractivity contribution in [2.75, 3.05) is 0 Å². The maximum absolute atomic E-state index is 4.85. The summed E-state index contributed by atoms with van der Waals surface area (Å²) in [6.45, 7) is 0. The van der Waals surface area contributed by atoms with Crippen LogP contribution < -0.4 is 6.15 Å². The van der Waals surface area contributed by atoms with Crippen LogP contribution in [0.1, 0.15) is 0 Å². The number of hydrogen-bond donors (Lipinski definition) is 1. The fourth-order valence-electron chi connectivity index (χ4n) is 0. The molecule has 0 unspecified atom stereocenters. The molecule has 3 N–H and O–H groups in total. The minimum absolute atomic E-state index is 0. The Morgan fingerprint density at radius 3 is 1.25 bits per heavy atom. The van der Waals surface area contributed by atoms with Gasteiger partial charge in [-0.3, -0.25) is 0 Å². The van der Waals surface area contributed by atoms with E-state index in [4.69, 9.17) is 19.4 Å². The van der Waals surface area contributed by atoms with Gasteiger partial charge in [0, 0.05) is 0 Å². The second-order valence-corrected chi connectivity index (χ2v) is 2.69. The van der Waals surface area contributed by atoms with E-state index in [9.17, 15) is 0 Å². The third kappa shape index (κ3) is 10.9. The van der Waals surface area contributed by atoms with Crippen LogP contribution in [0, 0.1) is 0 Å². The van der Waals surface area contributed by atoms with Crippen LogP contribution in [0.4, 0.5) is 0 Å². The summed E-state index contributed by atoms with van der Waals surface area (Å²) in [5.74, 6) is 0. The van der Waals surface area contributed by atoms with Crippen molar-refractivity contribution in [1.29, 1.82) is 0 Å². The number of rotatable bonds is 0. The topological polar surface area (TPSA) is 35.0 Å². The summed E-state index contributed by atoms with van der Waals surface area (Å²) in [6.07, 6.45) is 0. The van der Waals surface area contributed by atoms with E-state index in [1.165, 1.54) is 0 Å². The Morgan fingerprint density at radius 1 is 1.25 bits per heavy atom. The number of hydrogen-bond acceptors (Lipinski definition) is 1. The standard InChI is InChI=1S/2ClH.H3N.Ru/h2*1H;1H3;/q;;;+2/p-2. The third-order valence-electron chi connectivity index (χ3n) is 0. The van der Waals surface area contributed by atoms with Crippen molar-refractivity contribution in [2.45, 2.75) is 0 Å². The minimum atomic E-state index is -0.346. The Labute approximate surface area is 40.9 Å². The molecule has 0 bridgehead atoms. The van der Waals surface area contributed by atoms with Crippen molar-refractivity contribution in [3.05, 3.63) is 0 Å². The van der Waals surface area contributed by atoms with Crippen molar-refractivity contribution >= 4 is 19.4 Å². The van der Waals surface area contributed by atoms with Crippen LogP contribution in [0.15, 0.2) is 0 Å². The first kappa shape index (κ1) is 8.94. The van der Waals surface area contributed by atoms with Gasteiger partial charge in [-0.1, -0.05) is 0 Å². The van der Waals surface area contributed by atoms with Gasteiger partial charge in [0.2, 0.25) is 0 Å². The zero-order chi connectivity index (χ0) is 2.71. The van der Waals surface area contributed by atoms with Crippen molar-refractivity contribution < 1.29 is 15.1 Å². The molecule has 0 amide bonds. The first-order valence-corrected chi connectivity index (χ1v) is 4.74. The van der Waals surface area contributed by atoms with Crippen LogP contribution in [0.3, 0.4) is 0 Å². The van der Waals surface area contributed by atoms with E-state index in [1.807, 2.05) is 0 Å². The maximum atomic E-state index is 4.85. The van der Waals surface area contributed by atoms with Gasteiger partial charge in [-0.05, 0) is 0 Å². The van der Waals surface area contributed by atoms with Crippen LogP contribution in [0.25, 0.3) is 0 Å². The molecule has 0 radical (unpaired) electrons. The molecule has 0 atom stereocenters. The average molecular weight is 189 g/mol. The SMILES string of the molecule is N.[Cl][Ru][Cl]. The van der Waals surface area contributed by atoms with E-state index in [1.54, 1.807) is 0 Å². The monoisotopic (exact) mass is 189 g/mol. The van der Waals surface area contributed by atoms with Gasteiger partial charge in [-0.15, -0.1) is 0 Å². The zero-order valence-electron chi connectivity index (χ0n) is 1.82. The summed E-state index contributed by atoms with van der Waals surface area (Å²) in [4.78, 5) is 0. The van der Waals surface area contributed by atoms with Crippen LogP contribution in [0.5, 0.6) is 0 Å². The first-order valence-electron chi connectivity index (χ1n) is 0.267. The quantitative estimate of drug-likeness (QED) is 0.576. The molecule has 0 saturated carbocycles. The predicted octanol–water partition coefficient (Wildman–Crippen LogP) is 1.54. The van der Waals surface area contributed by atoms with Crippen molar-refractivity contribution in [3.8, 4) is 0 Å². The molecule has 4 heavy (non-hydrogen) atoms. The van der Waals surface area contributed by atoms with E-state index >= 15 is 0 Å². The van der Waals surface area contributed by atoms with Crippen LogP contribution >= 0.6 is 19.4 Å². The molecule has 0 aromatic carbocycles. The third-order valence-corrected chi connectivity index (χ3v) is 0. The van der Waals surface area contributed by atoms with E-state index in [2.05, 4.69) is 0 Å². The molecular weight excluding hydrogens is 186 g/mol. The zero-order valence-corrected chi connectivity index (χ0v) is 5.07. The Morgan fingerprint density at radius 2 is 1.25 bits per heavy atom. The normalized spacial score (nSPS) is 5.50. The summed E-state index contributed by atoms with van der Waals surface area (Å²) in [5, 5.41) is 0. The average Bonchev–Trinajstić information content (AvgIpc) is 0.918. The summed E-state index contributed by atoms with van der Waals surface area (Å²) in [5.41, 5.74) is 0. The molecule has 0 aliphatic heterocycles. The molecule has 0 aromatic heterocycles. The van der Waals surface area contributed by atoms with Gasteiger partial charge < -0.3 is 6.15 Å². The van der Waals surface area contributed by atoms with Gasteiger partial charge >= 0.3 is 34.5 Å². The molecule has 1 nitrogen and oxygen atoms in total. The molecule has 30 valence electrons. The number of halogens is 2. The van der Waals surface area contributed by atoms with Crippen LogP contribution in [-0.4, -0.2) is 0 Å².